The van der Waals surface area contributed by atoms with Crippen LogP contribution in [0.15, 0.2) is 54.7 Å². The lowest BCUT2D eigenvalue weighted by Gasteiger charge is -2.09. The third kappa shape index (κ3) is 4.94. The number of aromatic nitrogens is 1. The Balaban J connectivity index is 1.74. The summed E-state index contributed by atoms with van der Waals surface area (Å²) in [6.45, 7) is 1.90. The smallest absolute Gasteiger partial charge is 0.245 e. The Kier molecular flexibility index (Phi) is 6.08. The second-order valence-electron chi connectivity index (χ2n) is 6.09. The summed E-state index contributed by atoms with van der Waals surface area (Å²) in [4.78, 5) is 17.5. The molecule has 0 spiro atoms. The molecule has 28 heavy (non-hydrogen) atoms. The first kappa shape index (κ1) is 20.0. The Hall–Kier alpha value is -2.75. The van der Waals surface area contributed by atoms with Gasteiger partial charge in [0.25, 0.3) is 0 Å². The van der Waals surface area contributed by atoms with Crippen molar-refractivity contribution in [2.45, 2.75) is 6.92 Å². The Morgan fingerprint density at radius 1 is 1.11 bits per heavy atom. The molecular formula is C19H20N4O3S2. The molecule has 0 saturated carbocycles. The zero-order valence-electron chi connectivity index (χ0n) is 15.4. The Morgan fingerprint density at radius 2 is 1.86 bits per heavy atom. The van der Waals surface area contributed by atoms with Crippen LogP contribution in [0, 0.1) is 6.92 Å². The number of hydrogen-bond acceptors (Lipinski definition) is 7. The number of carbonyl (C=O) groups is 1. The SMILES string of the molecule is CNCS(=O)(=O)Nc1cccc(Nc2ncc(C(=O)c3ccccc3C)s2)c1. The lowest BCUT2D eigenvalue weighted by atomic mass is 10.0. The van der Waals surface area contributed by atoms with Crippen LogP contribution in [-0.4, -0.2) is 32.1 Å². The van der Waals surface area contributed by atoms with E-state index in [0.717, 1.165) is 5.56 Å². The summed E-state index contributed by atoms with van der Waals surface area (Å²) in [7, 11) is -1.90. The van der Waals surface area contributed by atoms with Crippen LogP contribution in [0.4, 0.5) is 16.5 Å². The summed E-state index contributed by atoms with van der Waals surface area (Å²) in [6.07, 6.45) is 1.54. The molecule has 0 bridgehead atoms. The molecule has 0 atom stereocenters. The Bertz CT molecular complexity index is 1090. The van der Waals surface area contributed by atoms with E-state index in [1.807, 2.05) is 25.1 Å². The van der Waals surface area contributed by atoms with Gasteiger partial charge in [0.15, 0.2) is 5.13 Å². The van der Waals surface area contributed by atoms with Crippen LogP contribution in [0.5, 0.6) is 0 Å². The molecule has 1 aromatic heterocycles. The van der Waals surface area contributed by atoms with Crippen LogP contribution in [0.3, 0.4) is 0 Å². The minimum Gasteiger partial charge on any atom is -0.331 e. The van der Waals surface area contributed by atoms with Gasteiger partial charge in [-0.25, -0.2) is 13.4 Å². The van der Waals surface area contributed by atoms with E-state index >= 15 is 0 Å². The molecule has 3 N–H and O–H groups in total. The van der Waals surface area contributed by atoms with E-state index < -0.39 is 10.0 Å². The molecule has 0 radical (unpaired) electrons. The van der Waals surface area contributed by atoms with Crippen molar-refractivity contribution in [1.82, 2.24) is 10.3 Å². The van der Waals surface area contributed by atoms with Crippen LogP contribution in [-0.2, 0) is 10.0 Å². The van der Waals surface area contributed by atoms with Gasteiger partial charge in [-0.2, -0.15) is 0 Å². The molecule has 0 aliphatic rings. The maximum Gasteiger partial charge on any atom is 0.245 e. The number of aryl methyl sites for hydroxylation is 1. The highest BCUT2D eigenvalue weighted by molar-refractivity contribution is 7.92. The highest BCUT2D eigenvalue weighted by atomic mass is 32.2. The fraction of sp³-hybridized carbons (Fsp3) is 0.158. The molecule has 9 heteroatoms. The van der Waals surface area contributed by atoms with Crippen molar-refractivity contribution in [3.63, 3.8) is 0 Å². The molecule has 2 aromatic carbocycles. The lowest BCUT2D eigenvalue weighted by Crippen LogP contribution is -2.25. The van der Waals surface area contributed by atoms with Gasteiger partial charge in [-0.3, -0.25) is 9.52 Å². The van der Waals surface area contributed by atoms with Crippen molar-refractivity contribution in [3.8, 4) is 0 Å². The summed E-state index contributed by atoms with van der Waals surface area (Å²) >= 11 is 1.25. The molecule has 1 heterocycles. The molecule has 0 aliphatic carbocycles. The predicted octanol–water partition coefficient (Wildman–Crippen LogP) is 3.34. The number of hydrogen-bond donors (Lipinski definition) is 3. The second-order valence-corrected chi connectivity index (χ2v) is 8.85. The standard InChI is InChI=1S/C19H20N4O3S2/c1-13-6-3-4-9-16(13)18(24)17-11-21-19(27-17)22-14-7-5-8-15(10-14)23-28(25,26)12-20-2/h3-11,20,23H,12H2,1-2H3,(H,21,22). The normalized spacial score (nSPS) is 11.2. The molecule has 146 valence electrons. The van der Waals surface area contributed by atoms with Crippen molar-refractivity contribution < 1.29 is 13.2 Å². The van der Waals surface area contributed by atoms with Crippen LogP contribution >= 0.6 is 11.3 Å². The quantitative estimate of drug-likeness (QED) is 0.487. The molecule has 0 fully saturated rings. The predicted molar refractivity (Wildman–Crippen MR) is 113 cm³/mol. The van der Waals surface area contributed by atoms with Gasteiger partial charge in [-0.15, -0.1) is 0 Å². The van der Waals surface area contributed by atoms with Gasteiger partial charge >= 0.3 is 0 Å². The van der Waals surface area contributed by atoms with Gasteiger partial charge in [0.1, 0.15) is 5.88 Å². The Morgan fingerprint density at radius 3 is 2.61 bits per heavy atom. The molecule has 0 aliphatic heterocycles. The van der Waals surface area contributed by atoms with Gasteiger partial charge in [0.2, 0.25) is 15.8 Å². The molecule has 0 unspecified atom stereocenters. The maximum absolute atomic E-state index is 12.7. The number of carbonyl (C=O) groups excluding carboxylic acids is 1. The monoisotopic (exact) mass is 416 g/mol. The van der Waals surface area contributed by atoms with Gasteiger partial charge in [0, 0.05) is 11.3 Å². The van der Waals surface area contributed by atoms with Gasteiger partial charge in [-0.05, 0) is 37.7 Å². The van der Waals surface area contributed by atoms with E-state index in [1.54, 1.807) is 43.6 Å². The largest absolute Gasteiger partial charge is 0.331 e. The van der Waals surface area contributed by atoms with Crippen molar-refractivity contribution in [1.29, 1.82) is 0 Å². The molecule has 3 rings (SSSR count). The van der Waals surface area contributed by atoms with Crippen molar-refractivity contribution in [2.75, 3.05) is 23.0 Å². The molecular weight excluding hydrogens is 396 g/mol. The molecule has 3 aromatic rings. The summed E-state index contributed by atoms with van der Waals surface area (Å²) < 4.78 is 26.2. The van der Waals surface area contributed by atoms with E-state index in [9.17, 15) is 13.2 Å². The highest BCUT2D eigenvalue weighted by Crippen LogP contribution is 2.26. The molecule has 0 saturated heterocycles. The van der Waals surface area contributed by atoms with Gasteiger partial charge in [-0.1, -0.05) is 41.7 Å². The second kappa shape index (κ2) is 8.51. The van der Waals surface area contributed by atoms with E-state index in [0.29, 0.717) is 26.9 Å². The summed E-state index contributed by atoms with van der Waals surface area (Å²) in [5, 5.41) is 6.26. The van der Waals surface area contributed by atoms with Crippen LogP contribution in [0.2, 0.25) is 0 Å². The number of sulfonamides is 1. The van der Waals surface area contributed by atoms with Crippen LogP contribution < -0.4 is 15.4 Å². The lowest BCUT2D eigenvalue weighted by molar-refractivity contribution is 0.104. The summed E-state index contributed by atoms with van der Waals surface area (Å²) in [6, 6.07) is 14.3. The minimum absolute atomic E-state index is 0.0720. The van der Waals surface area contributed by atoms with E-state index in [2.05, 4.69) is 20.3 Å². The third-order valence-corrected chi connectivity index (χ3v) is 5.97. The number of ketones is 1. The van der Waals surface area contributed by atoms with E-state index in [-0.39, 0.29) is 11.7 Å². The number of thiazole rings is 1. The topological polar surface area (TPSA) is 100 Å². The number of nitrogens with zero attached hydrogens (tertiary/aromatic N) is 1. The van der Waals surface area contributed by atoms with Crippen molar-refractivity contribution >= 4 is 43.6 Å². The van der Waals surface area contributed by atoms with E-state index in [1.165, 1.54) is 11.3 Å². The molecule has 0 amide bonds. The number of nitrogens with one attached hydrogen (secondary N) is 3. The first-order valence-corrected chi connectivity index (χ1v) is 10.9. The summed E-state index contributed by atoms with van der Waals surface area (Å²) in [5.74, 6) is -0.251. The van der Waals surface area contributed by atoms with Crippen LogP contribution in [0.25, 0.3) is 0 Å². The highest BCUT2D eigenvalue weighted by Gasteiger charge is 2.15. The summed E-state index contributed by atoms with van der Waals surface area (Å²) in [5.41, 5.74) is 2.66. The number of rotatable bonds is 8. The third-order valence-electron chi connectivity index (χ3n) is 3.84. The fourth-order valence-corrected chi connectivity index (χ4v) is 4.32. The van der Waals surface area contributed by atoms with Gasteiger partial charge < -0.3 is 10.6 Å². The Labute approximate surface area is 167 Å². The average molecular weight is 417 g/mol. The van der Waals surface area contributed by atoms with Crippen molar-refractivity contribution in [3.05, 3.63) is 70.7 Å². The zero-order valence-corrected chi connectivity index (χ0v) is 17.0. The number of anilines is 3. The first-order valence-electron chi connectivity index (χ1n) is 8.46. The average Bonchev–Trinajstić information content (AvgIpc) is 3.10. The molecule has 7 nitrogen and oxygen atoms in total. The zero-order chi connectivity index (χ0) is 20.1. The fourth-order valence-electron chi connectivity index (χ4n) is 2.59. The number of benzene rings is 2. The van der Waals surface area contributed by atoms with Gasteiger partial charge in [0.05, 0.1) is 16.8 Å². The minimum atomic E-state index is -3.46. The maximum atomic E-state index is 12.7. The van der Waals surface area contributed by atoms with E-state index in [4.69, 9.17) is 0 Å². The van der Waals surface area contributed by atoms with Crippen molar-refractivity contribution in [2.24, 2.45) is 0 Å². The first-order chi connectivity index (χ1) is 13.4. The van der Waals surface area contributed by atoms with Crippen LogP contribution in [0.1, 0.15) is 20.8 Å².